The smallest absolute Gasteiger partial charge is 0.326 e. The first-order valence-corrected chi connectivity index (χ1v) is 6.74. The molecule has 1 N–H and O–H groups in total. The van der Waals surface area contributed by atoms with Gasteiger partial charge in [-0.1, -0.05) is 26.7 Å². The molecule has 0 radical (unpaired) electrons. The SMILES string of the molecule is CC(C(=O)O)N(C)C(=O)CC1CCCCC1(C)C. The van der Waals surface area contributed by atoms with E-state index in [9.17, 15) is 9.59 Å². The maximum atomic E-state index is 12.1. The third kappa shape index (κ3) is 3.47. The molecule has 104 valence electrons. The molecule has 0 aromatic heterocycles. The van der Waals surface area contributed by atoms with E-state index in [0.717, 1.165) is 12.8 Å². The molecule has 0 aromatic rings. The van der Waals surface area contributed by atoms with Crippen molar-refractivity contribution in [3.63, 3.8) is 0 Å². The number of amides is 1. The molecule has 1 aliphatic carbocycles. The molecular weight excluding hydrogens is 230 g/mol. The van der Waals surface area contributed by atoms with E-state index >= 15 is 0 Å². The van der Waals surface area contributed by atoms with Crippen molar-refractivity contribution in [2.75, 3.05) is 7.05 Å². The van der Waals surface area contributed by atoms with Gasteiger partial charge in [-0.25, -0.2) is 4.79 Å². The maximum Gasteiger partial charge on any atom is 0.326 e. The van der Waals surface area contributed by atoms with Crippen LogP contribution in [0.3, 0.4) is 0 Å². The van der Waals surface area contributed by atoms with E-state index in [1.165, 1.54) is 17.7 Å². The van der Waals surface area contributed by atoms with Gasteiger partial charge >= 0.3 is 5.97 Å². The Morgan fingerprint density at radius 3 is 2.50 bits per heavy atom. The molecule has 0 aliphatic heterocycles. The predicted molar refractivity (Wildman–Crippen MR) is 70.2 cm³/mol. The number of nitrogens with zero attached hydrogens (tertiary/aromatic N) is 1. The Morgan fingerprint density at radius 2 is 2.00 bits per heavy atom. The van der Waals surface area contributed by atoms with Gasteiger partial charge in [0.1, 0.15) is 6.04 Å². The van der Waals surface area contributed by atoms with E-state index in [1.807, 2.05) is 0 Å². The highest BCUT2D eigenvalue weighted by atomic mass is 16.4. The summed E-state index contributed by atoms with van der Waals surface area (Å²) in [6, 6.07) is -0.746. The monoisotopic (exact) mass is 255 g/mol. The summed E-state index contributed by atoms with van der Waals surface area (Å²) in [5.74, 6) is -0.624. The van der Waals surface area contributed by atoms with E-state index in [1.54, 1.807) is 14.0 Å². The molecule has 2 unspecified atom stereocenters. The van der Waals surface area contributed by atoms with Crippen molar-refractivity contribution in [2.45, 2.75) is 58.9 Å². The molecular formula is C14H25NO3. The fourth-order valence-corrected chi connectivity index (χ4v) is 2.68. The van der Waals surface area contributed by atoms with E-state index in [-0.39, 0.29) is 11.3 Å². The summed E-state index contributed by atoms with van der Waals surface area (Å²) in [6.45, 7) is 5.97. The van der Waals surface area contributed by atoms with Crippen LogP contribution in [0.2, 0.25) is 0 Å². The summed E-state index contributed by atoms with van der Waals surface area (Å²) < 4.78 is 0. The number of carbonyl (C=O) groups is 2. The zero-order valence-corrected chi connectivity index (χ0v) is 11.9. The van der Waals surface area contributed by atoms with Gasteiger partial charge in [-0.05, 0) is 31.1 Å². The molecule has 1 rings (SSSR count). The van der Waals surface area contributed by atoms with Crippen molar-refractivity contribution in [1.82, 2.24) is 4.90 Å². The summed E-state index contributed by atoms with van der Waals surface area (Å²) in [4.78, 5) is 24.3. The highest BCUT2D eigenvalue weighted by Crippen LogP contribution is 2.42. The third-order valence-electron chi connectivity index (χ3n) is 4.48. The standard InChI is InChI=1S/C14H25NO3/c1-10(13(17)18)15(4)12(16)9-11-7-5-6-8-14(11,2)3/h10-11H,5-9H2,1-4H3,(H,17,18). The van der Waals surface area contributed by atoms with Crippen LogP contribution in [0.25, 0.3) is 0 Å². The normalized spacial score (nSPS) is 24.3. The van der Waals surface area contributed by atoms with Gasteiger partial charge in [0.05, 0.1) is 0 Å². The van der Waals surface area contributed by atoms with Crippen LogP contribution in [0.15, 0.2) is 0 Å². The minimum atomic E-state index is -0.950. The van der Waals surface area contributed by atoms with Gasteiger partial charge in [-0.15, -0.1) is 0 Å². The summed E-state index contributed by atoms with van der Waals surface area (Å²) in [7, 11) is 1.58. The van der Waals surface area contributed by atoms with Gasteiger partial charge in [0.2, 0.25) is 5.91 Å². The molecule has 1 amide bonds. The van der Waals surface area contributed by atoms with E-state index in [4.69, 9.17) is 5.11 Å². The van der Waals surface area contributed by atoms with Crippen molar-refractivity contribution in [2.24, 2.45) is 11.3 Å². The Kier molecular flexibility index (Phi) is 4.77. The third-order valence-corrected chi connectivity index (χ3v) is 4.48. The lowest BCUT2D eigenvalue weighted by molar-refractivity contribution is -0.149. The highest BCUT2D eigenvalue weighted by molar-refractivity contribution is 5.83. The molecule has 0 spiro atoms. The molecule has 18 heavy (non-hydrogen) atoms. The second-order valence-electron chi connectivity index (χ2n) is 6.15. The van der Waals surface area contributed by atoms with Crippen LogP contribution < -0.4 is 0 Å². The van der Waals surface area contributed by atoms with Crippen LogP contribution in [-0.4, -0.2) is 35.0 Å². The molecule has 1 fully saturated rings. The zero-order valence-electron chi connectivity index (χ0n) is 11.9. The van der Waals surface area contributed by atoms with E-state index < -0.39 is 12.0 Å². The van der Waals surface area contributed by atoms with Crippen LogP contribution in [0, 0.1) is 11.3 Å². The van der Waals surface area contributed by atoms with Gasteiger partial charge in [0.25, 0.3) is 0 Å². The Labute approximate surface area is 109 Å². The lowest BCUT2D eigenvalue weighted by atomic mass is 9.67. The number of likely N-dealkylation sites (N-methyl/N-ethyl adjacent to an activating group) is 1. The minimum absolute atomic E-state index is 0.0510. The molecule has 4 nitrogen and oxygen atoms in total. The first-order chi connectivity index (χ1) is 8.25. The van der Waals surface area contributed by atoms with Crippen LogP contribution in [-0.2, 0) is 9.59 Å². The molecule has 2 atom stereocenters. The van der Waals surface area contributed by atoms with Crippen molar-refractivity contribution >= 4 is 11.9 Å². The first kappa shape index (κ1) is 15.0. The fourth-order valence-electron chi connectivity index (χ4n) is 2.68. The first-order valence-electron chi connectivity index (χ1n) is 6.74. The molecule has 1 aliphatic rings. The summed E-state index contributed by atoms with van der Waals surface area (Å²) in [5, 5.41) is 8.92. The Bertz CT molecular complexity index is 325. The second kappa shape index (κ2) is 5.72. The Balaban J connectivity index is 2.61. The topological polar surface area (TPSA) is 57.6 Å². The average molecular weight is 255 g/mol. The van der Waals surface area contributed by atoms with Crippen molar-refractivity contribution < 1.29 is 14.7 Å². The summed E-state index contributed by atoms with van der Waals surface area (Å²) in [6.07, 6.45) is 5.12. The highest BCUT2D eigenvalue weighted by Gasteiger charge is 2.35. The van der Waals surface area contributed by atoms with Crippen molar-refractivity contribution in [1.29, 1.82) is 0 Å². The zero-order chi connectivity index (χ0) is 13.9. The second-order valence-corrected chi connectivity index (χ2v) is 6.15. The van der Waals surface area contributed by atoms with Gasteiger partial charge in [-0.3, -0.25) is 4.79 Å². The fraction of sp³-hybridized carbons (Fsp3) is 0.857. The number of aliphatic carboxylic acids is 1. The van der Waals surface area contributed by atoms with Gasteiger partial charge in [-0.2, -0.15) is 0 Å². The number of hydrogen-bond acceptors (Lipinski definition) is 2. The minimum Gasteiger partial charge on any atom is -0.480 e. The van der Waals surface area contributed by atoms with Crippen LogP contribution in [0.5, 0.6) is 0 Å². The number of carbonyl (C=O) groups excluding carboxylic acids is 1. The number of carboxylic acids is 1. The van der Waals surface area contributed by atoms with Crippen LogP contribution in [0.1, 0.15) is 52.9 Å². The average Bonchev–Trinajstić information content (AvgIpc) is 2.29. The van der Waals surface area contributed by atoms with Crippen LogP contribution in [0.4, 0.5) is 0 Å². The molecule has 0 saturated heterocycles. The lowest BCUT2D eigenvalue weighted by Gasteiger charge is -2.39. The lowest BCUT2D eigenvalue weighted by Crippen LogP contribution is -2.42. The van der Waals surface area contributed by atoms with E-state index in [2.05, 4.69) is 13.8 Å². The number of rotatable bonds is 4. The molecule has 0 bridgehead atoms. The van der Waals surface area contributed by atoms with Crippen LogP contribution >= 0.6 is 0 Å². The molecule has 0 aromatic carbocycles. The van der Waals surface area contributed by atoms with Crippen molar-refractivity contribution in [3.8, 4) is 0 Å². The maximum absolute atomic E-state index is 12.1. The Hall–Kier alpha value is -1.06. The van der Waals surface area contributed by atoms with E-state index in [0.29, 0.717) is 12.3 Å². The molecule has 0 heterocycles. The number of hydrogen-bond donors (Lipinski definition) is 1. The Morgan fingerprint density at radius 1 is 1.39 bits per heavy atom. The summed E-state index contributed by atoms with van der Waals surface area (Å²) in [5.41, 5.74) is 0.196. The van der Waals surface area contributed by atoms with Gasteiger partial charge in [0.15, 0.2) is 0 Å². The predicted octanol–water partition coefficient (Wildman–Crippen LogP) is 2.52. The quantitative estimate of drug-likeness (QED) is 0.839. The van der Waals surface area contributed by atoms with Gasteiger partial charge in [0, 0.05) is 13.5 Å². The van der Waals surface area contributed by atoms with Crippen molar-refractivity contribution in [3.05, 3.63) is 0 Å². The largest absolute Gasteiger partial charge is 0.480 e. The number of carboxylic acid groups (broad SMARTS) is 1. The summed E-state index contributed by atoms with van der Waals surface area (Å²) >= 11 is 0. The molecule has 1 saturated carbocycles. The molecule has 4 heteroatoms. The van der Waals surface area contributed by atoms with Gasteiger partial charge < -0.3 is 10.0 Å².